The van der Waals surface area contributed by atoms with Crippen LogP contribution < -0.4 is 10.2 Å². The maximum atomic E-state index is 12.3. The van der Waals surface area contributed by atoms with E-state index in [1.54, 1.807) is 30.1 Å². The average molecular weight is 446 g/mol. The van der Waals surface area contributed by atoms with Gasteiger partial charge in [0.25, 0.3) is 5.91 Å². The second kappa shape index (κ2) is 9.93. The number of carbonyl (C=O) groups excluding carboxylic acids is 1. The Morgan fingerprint density at radius 2 is 1.60 bits per heavy atom. The van der Waals surface area contributed by atoms with Crippen molar-refractivity contribution < 1.29 is 14.7 Å². The van der Waals surface area contributed by atoms with E-state index in [0.29, 0.717) is 16.6 Å². The number of hydrogen-bond donors (Lipinski definition) is 2. The molecule has 154 valence electrons. The van der Waals surface area contributed by atoms with Crippen LogP contribution in [0.25, 0.3) is 33.3 Å². The number of fused-ring (bicyclic) bond motifs is 1. The second-order valence-corrected chi connectivity index (χ2v) is 5.91. The van der Waals surface area contributed by atoms with Gasteiger partial charge in [0.1, 0.15) is 12.0 Å². The molecule has 0 bridgehead atoms. The zero-order valence-electron chi connectivity index (χ0n) is 15.6. The van der Waals surface area contributed by atoms with Crippen molar-refractivity contribution in [1.82, 2.24) is 25.4 Å². The maximum absolute atomic E-state index is 12.3. The number of halogens is 2. The van der Waals surface area contributed by atoms with Gasteiger partial charge in [0.2, 0.25) is 0 Å². The minimum absolute atomic E-state index is 0. The third-order valence-electron chi connectivity index (χ3n) is 4.33. The molecule has 4 aromatic rings. The number of ether oxygens (including phenoxy) is 1. The van der Waals surface area contributed by atoms with E-state index in [0.717, 1.165) is 16.7 Å². The Hall–Kier alpha value is -3.33. The molecule has 0 fully saturated rings. The van der Waals surface area contributed by atoms with Gasteiger partial charge in [-0.05, 0) is 11.6 Å². The summed E-state index contributed by atoms with van der Waals surface area (Å²) in [7, 11) is 1.45. The number of nitrogens with zero attached hydrogens (tertiary/aromatic N) is 4. The normalized spacial score (nSPS) is 9.93. The van der Waals surface area contributed by atoms with Gasteiger partial charge in [0.05, 0.1) is 18.2 Å². The molecular weight excluding hydrogens is 429 g/mol. The van der Waals surface area contributed by atoms with Crippen molar-refractivity contribution in [2.45, 2.75) is 0 Å². The van der Waals surface area contributed by atoms with Gasteiger partial charge in [-0.15, -0.1) is 24.8 Å². The second-order valence-electron chi connectivity index (χ2n) is 5.91. The number of hydrogen-bond acceptors (Lipinski definition) is 7. The average Bonchev–Trinajstić information content (AvgIpc) is 2.78. The van der Waals surface area contributed by atoms with Crippen LogP contribution in [0.15, 0.2) is 61.4 Å². The van der Waals surface area contributed by atoms with E-state index in [1.807, 2.05) is 24.3 Å². The lowest BCUT2D eigenvalue weighted by Gasteiger charge is -2.15. The largest absolute Gasteiger partial charge is 0.494 e. The van der Waals surface area contributed by atoms with Crippen molar-refractivity contribution in [2.24, 2.45) is 0 Å². The first-order chi connectivity index (χ1) is 13.7. The molecule has 0 unspecified atom stereocenters. The van der Waals surface area contributed by atoms with Gasteiger partial charge >= 0.3 is 0 Å². The molecule has 0 saturated carbocycles. The highest BCUT2D eigenvalue weighted by molar-refractivity contribution is 6.09. The summed E-state index contributed by atoms with van der Waals surface area (Å²) in [5, 5.41) is 9.66. The number of hydroxylamine groups is 1. The minimum atomic E-state index is -0.698. The van der Waals surface area contributed by atoms with Crippen LogP contribution in [0, 0.1) is 0 Å². The molecular formula is C20H17Cl2N5O3. The molecule has 3 aromatic heterocycles. The van der Waals surface area contributed by atoms with Crippen molar-refractivity contribution in [1.29, 1.82) is 0 Å². The number of aromatic nitrogens is 4. The van der Waals surface area contributed by atoms with Crippen LogP contribution in [-0.2, 0) is 0 Å². The molecule has 30 heavy (non-hydrogen) atoms. The van der Waals surface area contributed by atoms with Crippen LogP contribution >= 0.6 is 24.8 Å². The molecule has 0 saturated heterocycles. The molecule has 0 atom stereocenters. The van der Waals surface area contributed by atoms with Crippen LogP contribution in [0.3, 0.4) is 0 Å². The van der Waals surface area contributed by atoms with E-state index in [1.165, 1.54) is 19.6 Å². The van der Waals surface area contributed by atoms with Crippen LogP contribution in [0.4, 0.5) is 0 Å². The zero-order chi connectivity index (χ0) is 19.5. The Balaban J connectivity index is 0.00000160. The number of rotatable bonds is 4. The highest BCUT2D eigenvalue weighted by Crippen LogP contribution is 2.36. The molecule has 4 rings (SSSR count). The van der Waals surface area contributed by atoms with Gasteiger partial charge in [0, 0.05) is 41.3 Å². The SMILES string of the molecule is COc1c(-c2ccc(-c3cncnc3)cc2)nc2ccncc2c1C(=O)NO.Cl.Cl. The van der Waals surface area contributed by atoms with Gasteiger partial charge in [-0.2, -0.15) is 0 Å². The molecule has 0 aliphatic carbocycles. The summed E-state index contributed by atoms with van der Waals surface area (Å²) in [6.07, 6.45) is 8.04. The Kier molecular flexibility index (Phi) is 7.60. The third-order valence-corrected chi connectivity index (χ3v) is 4.33. The van der Waals surface area contributed by atoms with Gasteiger partial charge < -0.3 is 4.74 Å². The van der Waals surface area contributed by atoms with Gasteiger partial charge in [-0.1, -0.05) is 24.3 Å². The molecule has 1 amide bonds. The molecule has 0 aliphatic heterocycles. The van der Waals surface area contributed by atoms with E-state index in [-0.39, 0.29) is 36.1 Å². The molecule has 0 spiro atoms. The number of amides is 1. The first-order valence-electron chi connectivity index (χ1n) is 8.35. The fourth-order valence-electron chi connectivity index (χ4n) is 3.03. The molecule has 0 aliphatic rings. The highest BCUT2D eigenvalue weighted by atomic mass is 35.5. The predicted molar refractivity (Wildman–Crippen MR) is 116 cm³/mol. The van der Waals surface area contributed by atoms with Crippen LogP contribution in [0.2, 0.25) is 0 Å². The lowest BCUT2D eigenvalue weighted by Crippen LogP contribution is -2.20. The Labute approximate surface area is 184 Å². The Morgan fingerprint density at radius 3 is 2.23 bits per heavy atom. The molecule has 0 radical (unpaired) electrons. The van der Waals surface area contributed by atoms with Crippen molar-refractivity contribution in [3.8, 4) is 28.1 Å². The van der Waals surface area contributed by atoms with Gasteiger partial charge in [-0.3, -0.25) is 15.0 Å². The fraction of sp³-hybridized carbons (Fsp3) is 0.0500. The molecule has 8 nitrogen and oxygen atoms in total. The molecule has 1 aromatic carbocycles. The fourth-order valence-corrected chi connectivity index (χ4v) is 3.03. The number of carbonyl (C=O) groups is 1. The van der Waals surface area contributed by atoms with Crippen molar-refractivity contribution in [3.63, 3.8) is 0 Å². The zero-order valence-corrected chi connectivity index (χ0v) is 17.3. The summed E-state index contributed by atoms with van der Waals surface area (Å²) in [5.41, 5.74) is 5.46. The lowest BCUT2D eigenvalue weighted by molar-refractivity contribution is 0.0705. The van der Waals surface area contributed by atoms with Crippen molar-refractivity contribution in [2.75, 3.05) is 7.11 Å². The van der Waals surface area contributed by atoms with Crippen molar-refractivity contribution in [3.05, 3.63) is 67.0 Å². The summed E-state index contributed by atoms with van der Waals surface area (Å²) in [6.45, 7) is 0. The monoisotopic (exact) mass is 445 g/mol. The smallest absolute Gasteiger partial charge is 0.279 e. The number of nitrogens with one attached hydrogen (secondary N) is 1. The topological polar surface area (TPSA) is 110 Å². The summed E-state index contributed by atoms with van der Waals surface area (Å²) >= 11 is 0. The van der Waals surface area contributed by atoms with Crippen LogP contribution in [-0.4, -0.2) is 38.2 Å². The third kappa shape index (κ3) is 4.16. The van der Waals surface area contributed by atoms with E-state index < -0.39 is 5.91 Å². The van der Waals surface area contributed by atoms with Gasteiger partial charge in [-0.25, -0.2) is 20.4 Å². The summed E-state index contributed by atoms with van der Waals surface area (Å²) < 4.78 is 5.49. The summed E-state index contributed by atoms with van der Waals surface area (Å²) in [6, 6.07) is 9.28. The predicted octanol–water partition coefficient (Wildman–Crippen LogP) is 3.73. The number of benzene rings is 1. The standard InChI is InChI=1S/C20H15N5O3.2ClH/c1-28-19-17(20(26)25-27)15-10-21-7-6-16(15)24-18(19)13-4-2-12(3-5-13)14-8-22-11-23-9-14;;/h2-11,27H,1H3,(H,25,26);2*1H. The molecule has 3 heterocycles. The van der Waals surface area contributed by atoms with Gasteiger partial charge in [0.15, 0.2) is 5.75 Å². The van der Waals surface area contributed by atoms with E-state index >= 15 is 0 Å². The Bertz CT molecular complexity index is 1160. The summed E-state index contributed by atoms with van der Waals surface area (Å²) in [4.78, 5) is 29.1. The highest BCUT2D eigenvalue weighted by Gasteiger charge is 2.22. The van der Waals surface area contributed by atoms with Crippen molar-refractivity contribution >= 4 is 41.6 Å². The van der Waals surface area contributed by atoms with E-state index in [9.17, 15) is 10.0 Å². The first-order valence-corrected chi connectivity index (χ1v) is 8.35. The van der Waals surface area contributed by atoms with E-state index in [2.05, 4.69) is 19.9 Å². The molecule has 10 heteroatoms. The number of pyridine rings is 2. The van der Waals surface area contributed by atoms with Crippen LogP contribution in [0.1, 0.15) is 10.4 Å². The number of methoxy groups -OCH3 is 1. The van der Waals surface area contributed by atoms with E-state index in [4.69, 9.17) is 4.74 Å². The summed E-state index contributed by atoms with van der Waals surface area (Å²) in [5.74, 6) is -0.445. The minimum Gasteiger partial charge on any atom is -0.494 e. The lowest BCUT2D eigenvalue weighted by atomic mass is 10.0. The molecule has 2 N–H and O–H groups in total. The Morgan fingerprint density at radius 1 is 0.933 bits per heavy atom. The van der Waals surface area contributed by atoms with Crippen LogP contribution in [0.5, 0.6) is 5.75 Å². The first kappa shape index (κ1) is 23.0. The maximum Gasteiger partial charge on any atom is 0.279 e. The quantitative estimate of drug-likeness (QED) is 0.363.